The molecule has 2 rings (SSSR count). The average molecular weight is 256 g/mol. The normalized spacial score (nSPS) is 30.9. The van der Waals surface area contributed by atoms with E-state index in [9.17, 15) is 0 Å². The fraction of sp³-hybridized carbons (Fsp3) is 1.00. The second kappa shape index (κ2) is 6.44. The van der Waals surface area contributed by atoms with E-state index in [1.54, 1.807) is 0 Å². The molecule has 0 aromatic rings. The molecule has 17 heavy (non-hydrogen) atoms. The zero-order chi connectivity index (χ0) is 12.3. The molecular weight excluding hydrogens is 228 g/mol. The highest BCUT2D eigenvalue weighted by atomic mass is 32.2. The molecular formula is C14H28N2S. The van der Waals surface area contributed by atoms with E-state index in [2.05, 4.69) is 42.1 Å². The third-order valence-electron chi connectivity index (χ3n) is 4.23. The molecule has 0 aromatic carbocycles. The Balaban J connectivity index is 2.02. The average Bonchev–Trinajstić information content (AvgIpc) is 2.96. The van der Waals surface area contributed by atoms with Crippen molar-refractivity contribution in [2.24, 2.45) is 5.92 Å². The number of hydrogen-bond acceptors (Lipinski definition) is 3. The smallest absolute Gasteiger partial charge is 0.0354 e. The van der Waals surface area contributed by atoms with Crippen LogP contribution in [0.1, 0.15) is 39.5 Å². The number of nitrogens with one attached hydrogen (secondary N) is 1. The second-order valence-corrected chi connectivity index (χ2v) is 7.11. The predicted molar refractivity (Wildman–Crippen MR) is 77.8 cm³/mol. The maximum atomic E-state index is 3.59. The molecule has 1 heterocycles. The molecule has 0 radical (unpaired) electrons. The highest BCUT2D eigenvalue weighted by Crippen LogP contribution is 2.30. The molecule has 0 aromatic heterocycles. The molecule has 2 nitrogen and oxygen atoms in total. The quantitative estimate of drug-likeness (QED) is 0.814. The van der Waals surface area contributed by atoms with Gasteiger partial charge >= 0.3 is 0 Å². The van der Waals surface area contributed by atoms with E-state index in [0.29, 0.717) is 0 Å². The van der Waals surface area contributed by atoms with Gasteiger partial charge in [-0.1, -0.05) is 26.7 Å². The van der Waals surface area contributed by atoms with Crippen LogP contribution < -0.4 is 5.32 Å². The van der Waals surface area contributed by atoms with Crippen molar-refractivity contribution < 1.29 is 0 Å². The fourth-order valence-electron chi connectivity index (χ4n) is 3.42. The van der Waals surface area contributed by atoms with E-state index >= 15 is 0 Å². The number of nitrogens with zero attached hydrogens (tertiary/aromatic N) is 1. The SMILES string of the molecule is CSC1CNCC1N(CC(C)C)C1CCCC1. The molecule has 3 heteroatoms. The Hall–Kier alpha value is 0.270. The van der Waals surface area contributed by atoms with Crippen LogP contribution in [0.2, 0.25) is 0 Å². The summed E-state index contributed by atoms with van der Waals surface area (Å²) in [4.78, 5) is 2.85. The Morgan fingerprint density at radius 1 is 1.24 bits per heavy atom. The summed E-state index contributed by atoms with van der Waals surface area (Å²) in [5.74, 6) is 0.790. The summed E-state index contributed by atoms with van der Waals surface area (Å²) in [5.41, 5.74) is 0. The fourth-order valence-corrected chi connectivity index (χ4v) is 4.28. The third-order valence-corrected chi connectivity index (χ3v) is 5.31. The van der Waals surface area contributed by atoms with Gasteiger partial charge in [0.1, 0.15) is 0 Å². The first-order chi connectivity index (χ1) is 8.22. The van der Waals surface area contributed by atoms with Crippen molar-refractivity contribution in [2.45, 2.75) is 56.9 Å². The van der Waals surface area contributed by atoms with Crippen LogP contribution in [0, 0.1) is 5.92 Å². The van der Waals surface area contributed by atoms with Crippen LogP contribution in [0.3, 0.4) is 0 Å². The lowest BCUT2D eigenvalue weighted by Crippen LogP contribution is -2.48. The van der Waals surface area contributed by atoms with Crippen LogP contribution in [0.5, 0.6) is 0 Å². The minimum atomic E-state index is 0.774. The van der Waals surface area contributed by atoms with E-state index in [0.717, 1.165) is 23.3 Å². The summed E-state index contributed by atoms with van der Waals surface area (Å²) in [5, 5.41) is 4.39. The second-order valence-electron chi connectivity index (χ2n) is 6.03. The van der Waals surface area contributed by atoms with E-state index in [1.165, 1.54) is 45.3 Å². The lowest BCUT2D eigenvalue weighted by molar-refractivity contribution is 0.130. The Bertz CT molecular complexity index is 226. The van der Waals surface area contributed by atoms with E-state index in [-0.39, 0.29) is 0 Å². The van der Waals surface area contributed by atoms with Crippen molar-refractivity contribution in [3.8, 4) is 0 Å². The first kappa shape index (κ1) is 13.7. The van der Waals surface area contributed by atoms with Crippen LogP contribution in [0.4, 0.5) is 0 Å². The molecule has 2 aliphatic rings. The standard InChI is InChI=1S/C14H28N2S/c1-11(2)10-16(12-6-4-5-7-12)13-8-15-9-14(13)17-3/h11-15H,4-10H2,1-3H3. The van der Waals surface area contributed by atoms with Crippen LogP contribution >= 0.6 is 11.8 Å². The first-order valence-corrected chi connectivity index (χ1v) is 8.50. The maximum absolute atomic E-state index is 3.59. The van der Waals surface area contributed by atoms with Gasteiger partial charge in [0.05, 0.1) is 0 Å². The Kier molecular flexibility index (Phi) is 5.19. The molecule has 1 saturated carbocycles. The summed E-state index contributed by atoms with van der Waals surface area (Å²) in [6.07, 6.45) is 8.04. The molecule has 2 unspecified atom stereocenters. The van der Waals surface area contributed by atoms with Gasteiger partial charge < -0.3 is 5.32 Å². The molecule has 1 aliphatic heterocycles. The summed E-state index contributed by atoms with van der Waals surface area (Å²) in [6.45, 7) is 8.41. The maximum Gasteiger partial charge on any atom is 0.0354 e. The van der Waals surface area contributed by atoms with Gasteiger partial charge in [-0.3, -0.25) is 4.90 Å². The summed E-state index contributed by atoms with van der Waals surface area (Å²) in [6, 6.07) is 1.65. The molecule has 100 valence electrons. The van der Waals surface area contributed by atoms with E-state index in [1.807, 2.05) is 0 Å². The highest BCUT2D eigenvalue weighted by Gasteiger charge is 2.36. The van der Waals surface area contributed by atoms with E-state index < -0.39 is 0 Å². The molecule has 0 spiro atoms. The summed E-state index contributed by atoms with van der Waals surface area (Å²) < 4.78 is 0. The minimum Gasteiger partial charge on any atom is -0.314 e. The molecule has 2 atom stereocenters. The number of thioether (sulfide) groups is 1. The Morgan fingerprint density at radius 3 is 2.53 bits per heavy atom. The summed E-state index contributed by atoms with van der Waals surface area (Å²) >= 11 is 2.05. The zero-order valence-electron chi connectivity index (χ0n) is 11.6. The van der Waals surface area contributed by atoms with Crippen molar-refractivity contribution in [2.75, 3.05) is 25.9 Å². The lowest BCUT2D eigenvalue weighted by atomic mass is 10.1. The molecule has 1 N–H and O–H groups in total. The third kappa shape index (κ3) is 3.39. The van der Waals surface area contributed by atoms with Gasteiger partial charge in [-0.25, -0.2) is 0 Å². The lowest BCUT2D eigenvalue weighted by Gasteiger charge is -2.37. The first-order valence-electron chi connectivity index (χ1n) is 7.21. The van der Waals surface area contributed by atoms with Gasteiger partial charge in [0, 0.05) is 37.0 Å². The van der Waals surface area contributed by atoms with Gasteiger partial charge in [0.25, 0.3) is 0 Å². The zero-order valence-corrected chi connectivity index (χ0v) is 12.4. The van der Waals surface area contributed by atoms with Crippen molar-refractivity contribution in [1.29, 1.82) is 0 Å². The van der Waals surface area contributed by atoms with Gasteiger partial charge in [-0.05, 0) is 25.0 Å². The minimum absolute atomic E-state index is 0.774. The molecule has 1 saturated heterocycles. The van der Waals surface area contributed by atoms with Gasteiger partial charge in [-0.2, -0.15) is 11.8 Å². The summed E-state index contributed by atoms with van der Waals surface area (Å²) in [7, 11) is 0. The number of rotatable bonds is 5. The van der Waals surface area contributed by atoms with Gasteiger partial charge in [0.15, 0.2) is 0 Å². The van der Waals surface area contributed by atoms with Crippen molar-refractivity contribution in [3.05, 3.63) is 0 Å². The predicted octanol–water partition coefficient (Wildman–Crippen LogP) is 2.59. The van der Waals surface area contributed by atoms with Crippen molar-refractivity contribution in [1.82, 2.24) is 10.2 Å². The van der Waals surface area contributed by atoms with Crippen LogP contribution in [0.15, 0.2) is 0 Å². The van der Waals surface area contributed by atoms with Gasteiger partial charge in [-0.15, -0.1) is 0 Å². The molecule has 1 aliphatic carbocycles. The van der Waals surface area contributed by atoms with Crippen LogP contribution in [-0.2, 0) is 0 Å². The van der Waals surface area contributed by atoms with Crippen LogP contribution in [0.25, 0.3) is 0 Å². The Labute approximate surface area is 111 Å². The van der Waals surface area contributed by atoms with E-state index in [4.69, 9.17) is 0 Å². The monoisotopic (exact) mass is 256 g/mol. The van der Waals surface area contributed by atoms with Gasteiger partial charge in [0.2, 0.25) is 0 Å². The van der Waals surface area contributed by atoms with Crippen LogP contribution in [-0.4, -0.2) is 48.1 Å². The van der Waals surface area contributed by atoms with Crippen molar-refractivity contribution in [3.63, 3.8) is 0 Å². The molecule has 0 amide bonds. The molecule has 2 fully saturated rings. The number of hydrogen-bond donors (Lipinski definition) is 1. The molecule has 0 bridgehead atoms. The van der Waals surface area contributed by atoms with Crippen molar-refractivity contribution >= 4 is 11.8 Å². The highest BCUT2D eigenvalue weighted by molar-refractivity contribution is 7.99. The topological polar surface area (TPSA) is 15.3 Å². The Morgan fingerprint density at radius 2 is 1.94 bits per heavy atom. The largest absolute Gasteiger partial charge is 0.314 e.